The molecule has 1 aromatic rings. The number of nitrogens with zero attached hydrogens (tertiary/aromatic N) is 1. The minimum atomic E-state index is -3.28. The number of hydrogen-bond donors (Lipinski definition) is 0. The Morgan fingerprint density at radius 1 is 1.40 bits per heavy atom. The fourth-order valence-corrected chi connectivity index (χ4v) is 3.91. The molecule has 86 valence electrons. The summed E-state index contributed by atoms with van der Waals surface area (Å²) < 4.78 is 25.8. The molecule has 0 radical (unpaired) electrons. The van der Waals surface area contributed by atoms with Crippen molar-refractivity contribution in [1.82, 2.24) is 4.31 Å². The van der Waals surface area contributed by atoms with Gasteiger partial charge in [0.25, 0.3) is 10.0 Å². The van der Waals surface area contributed by atoms with Crippen LogP contribution in [0.1, 0.15) is 20.8 Å². The molecule has 15 heavy (non-hydrogen) atoms. The molecule has 0 aliphatic heterocycles. The first-order chi connectivity index (χ1) is 6.73. The maximum atomic E-state index is 12.0. The summed E-state index contributed by atoms with van der Waals surface area (Å²) in [4.78, 5) is 0. The summed E-state index contributed by atoms with van der Waals surface area (Å²) in [5.74, 6) is 0. The van der Waals surface area contributed by atoms with Crippen LogP contribution in [0.5, 0.6) is 0 Å². The van der Waals surface area contributed by atoms with E-state index < -0.39 is 10.0 Å². The fourth-order valence-electron chi connectivity index (χ4n) is 1.32. The summed E-state index contributed by atoms with van der Waals surface area (Å²) in [5, 5.41) is 1.78. The van der Waals surface area contributed by atoms with Crippen molar-refractivity contribution in [3.05, 3.63) is 17.5 Å². The van der Waals surface area contributed by atoms with Gasteiger partial charge >= 0.3 is 0 Å². The molecule has 0 aliphatic carbocycles. The molecule has 0 atom stereocenters. The predicted molar refractivity (Wildman–Crippen MR) is 63.6 cm³/mol. The lowest BCUT2D eigenvalue weighted by Crippen LogP contribution is -2.34. The smallest absolute Gasteiger partial charge is 0.206 e. The van der Waals surface area contributed by atoms with Crippen molar-refractivity contribution in [3.63, 3.8) is 0 Å². The SMILES string of the molecule is CN(CC(C)(C)C)S(=O)(=O)c1cccs1. The molecule has 1 rings (SSSR count). The molecular formula is C10H17NO2S2. The maximum Gasteiger partial charge on any atom is 0.252 e. The van der Waals surface area contributed by atoms with E-state index in [1.165, 1.54) is 15.6 Å². The van der Waals surface area contributed by atoms with E-state index >= 15 is 0 Å². The van der Waals surface area contributed by atoms with Crippen LogP contribution in [0.2, 0.25) is 0 Å². The number of thiophene rings is 1. The summed E-state index contributed by atoms with van der Waals surface area (Å²) in [6.07, 6.45) is 0. The van der Waals surface area contributed by atoms with Crippen molar-refractivity contribution in [1.29, 1.82) is 0 Å². The topological polar surface area (TPSA) is 37.4 Å². The van der Waals surface area contributed by atoms with E-state index in [-0.39, 0.29) is 5.41 Å². The van der Waals surface area contributed by atoms with E-state index in [1.54, 1.807) is 24.6 Å². The third kappa shape index (κ3) is 3.29. The molecule has 0 bridgehead atoms. The van der Waals surface area contributed by atoms with Gasteiger partial charge in [-0.05, 0) is 16.9 Å². The van der Waals surface area contributed by atoms with Gasteiger partial charge in [0.1, 0.15) is 4.21 Å². The van der Waals surface area contributed by atoms with Gasteiger partial charge in [0.2, 0.25) is 0 Å². The second kappa shape index (κ2) is 4.23. The third-order valence-electron chi connectivity index (χ3n) is 1.86. The van der Waals surface area contributed by atoms with E-state index in [0.29, 0.717) is 10.8 Å². The Labute approximate surface area is 95.8 Å². The summed E-state index contributed by atoms with van der Waals surface area (Å²) >= 11 is 1.25. The minimum absolute atomic E-state index is 0.0287. The van der Waals surface area contributed by atoms with Crippen LogP contribution < -0.4 is 0 Å². The van der Waals surface area contributed by atoms with Gasteiger partial charge in [-0.25, -0.2) is 8.42 Å². The van der Waals surface area contributed by atoms with Gasteiger partial charge in [0.05, 0.1) is 0 Å². The summed E-state index contributed by atoms with van der Waals surface area (Å²) in [7, 11) is -1.65. The van der Waals surface area contributed by atoms with E-state index in [4.69, 9.17) is 0 Å². The molecule has 1 heterocycles. The highest BCUT2D eigenvalue weighted by atomic mass is 32.2. The second-order valence-corrected chi connectivity index (χ2v) is 7.97. The molecule has 0 amide bonds. The van der Waals surface area contributed by atoms with Crippen molar-refractivity contribution >= 4 is 21.4 Å². The minimum Gasteiger partial charge on any atom is -0.206 e. The van der Waals surface area contributed by atoms with Crippen LogP contribution in [0.3, 0.4) is 0 Å². The number of sulfonamides is 1. The van der Waals surface area contributed by atoms with Crippen molar-refractivity contribution < 1.29 is 8.42 Å². The molecule has 5 heteroatoms. The zero-order chi connectivity index (χ0) is 11.7. The molecule has 0 spiro atoms. The first kappa shape index (κ1) is 12.7. The predicted octanol–water partition coefficient (Wildman–Crippen LogP) is 2.41. The monoisotopic (exact) mass is 247 g/mol. The quantitative estimate of drug-likeness (QED) is 0.822. The van der Waals surface area contributed by atoms with E-state index in [0.717, 1.165) is 0 Å². The Balaban J connectivity index is 2.89. The van der Waals surface area contributed by atoms with Crippen molar-refractivity contribution in [2.45, 2.75) is 25.0 Å². The lowest BCUT2D eigenvalue weighted by atomic mass is 9.97. The molecule has 0 aliphatic rings. The molecule has 0 aromatic carbocycles. The van der Waals surface area contributed by atoms with Crippen LogP contribution in [0.4, 0.5) is 0 Å². The average Bonchev–Trinajstić information content (AvgIpc) is 2.52. The van der Waals surface area contributed by atoms with Crippen LogP contribution in [-0.4, -0.2) is 26.3 Å². The number of hydrogen-bond acceptors (Lipinski definition) is 3. The normalized spacial score (nSPS) is 13.4. The Hall–Kier alpha value is -0.390. The molecular weight excluding hydrogens is 230 g/mol. The zero-order valence-electron chi connectivity index (χ0n) is 9.52. The summed E-state index contributed by atoms with van der Waals surface area (Å²) in [5.41, 5.74) is -0.0287. The van der Waals surface area contributed by atoms with Crippen molar-refractivity contribution in [2.24, 2.45) is 5.41 Å². The Morgan fingerprint density at radius 3 is 2.40 bits per heavy atom. The second-order valence-electron chi connectivity index (χ2n) is 4.75. The van der Waals surface area contributed by atoms with E-state index in [9.17, 15) is 8.42 Å². The van der Waals surface area contributed by atoms with Crippen molar-refractivity contribution in [2.75, 3.05) is 13.6 Å². The van der Waals surface area contributed by atoms with Gasteiger partial charge in [0, 0.05) is 13.6 Å². The summed E-state index contributed by atoms with van der Waals surface area (Å²) in [6.45, 7) is 6.58. The van der Waals surface area contributed by atoms with Gasteiger partial charge < -0.3 is 0 Å². The van der Waals surface area contributed by atoms with Crippen LogP contribution in [-0.2, 0) is 10.0 Å². The fraction of sp³-hybridized carbons (Fsp3) is 0.600. The van der Waals surface area contributed by atoms with Crippen LogP contribution in [0, 0.1) is 5.41 Å². The lowest BCUT2D eigenvalue weighted by molar-refractivity contribution is 0.311. The molecule has 0 N–H and O–H groups in total. The Kier molecular flexibility index (Phi) is 3.58. The number of rotatable bonds is 3. The third-order valence-corrected chi connectivity index (χ3v) is 5.03. The largest absolute Gasteiger partial charge is 0.252 e. The van der Waals surface area contributed by atoms with Crippen LogP contribution in [0.15, 0.2) is 21.7 Å². The maximum absolute atomic E-state index is 12.0. The highest BCUT2D eigenvalue weighted by Crippen LogP contribution is 2.23. The molecule has 0 fully saturated rings. The van der Waals surface area contributed by atoms with Gasteiger partial charge in [0.15, 0.2) is 0 Å². The van der Waals surface area contributed by atoms with Gasteiger partial charge in [-0.2, -0.15) is 4.31 Å². The molecule has 0 saturated carbocycles. The van der Waals surface area contributed by atoms with E-state index in [1.807, 2.05) is 20.8 Å². The first-order valence-electron chi connectivity index (χ1n) is 4.73. The first-order valence-corrected chi connectivity index (χ1v) is 7.05. The van der Waals surface area contributed by atoms with Gasteiger partial charge in [-0.1, -0.05) is 26.8 Å². The zero-order valence-corrected chi connectivity index (χ0v) is 11.2. The van der Waals surface area contributed by atoms with Gasteiger partial charge in [-0.3, -0.25) is 0 Å². The van der Waals surface area contributed by atoms with Crippen LogP contribution >= 0.6 is 11.3 Å². The molecule has 0 unspecified atom stereocenters. The highest BCUT2D eigenvalue weighted by molar-refractivity contribution is 7.91. The highest BCUT2D eigenvalue weighted by Gasteiger charge is 2.25. The molecule has 3 nitrogen and oxygen atoms in total. The van der Waals surface area contributed by atoms with Crippen molar-refractivity contribution in [3.8, 4) is 0 Å². The Bertz CT molecular complexity index is 401. The standard InChI is InChI=1S/C10H17NO2S2/c1-10(2,3)8-11(4)15(12,13)9-6-5-7-14-9/h5-7H,8H2,1-4H3. The molecule has 1 aromatic heterocycles. The van der Waals surface area contributed by atoms with E-state index in [2.05, 4.69) is 0 Å². The lowest BCUT2D eigenvalue weighted by Gasteiger charge is -2.25. The molecule has 0 saturated heterocycles. The van der Waals surface area contributed by atoms with Gasteiger partial charge in [-0.15, -0.1) is 11.3 Å². The summed E-state index contributed by atoms with van der Waals surface area (Å²) in [6, 6.07) is 3.39. The Morgan fingerprint density at radius 2 is 2.00 bits per heavy atom. The average molecular weight is 247 g/mol. The van der Waals surface area contributed by atoms with Crippen LogP contribution in [0.25, 0.3) is 0 Å².